The molecule has 1 heterocycles. The van der Waals surface area contributed by atoms with E-state index in [0.29, 0.717) is 19.1 Å². The minimum atomic E-state index is -0.283. The van der Waals surface area contributed by atoms with Gasteiger partial charge in [0.05, 0.1) is 18.4 Å². The van der Waals surface area contributed by atoms with Gasteiger partial charge in [0.25, 0.3) is 0 Å². The monoisotopic (exact) mass is 361 g/mol. The second-order valence-electron chi connectivity index (χ2n) is 6.73. The maximum absolute atomic E-state index is 13.1. The number of amides is 2. The number of hydrogen-bond donors (Lipinski definition) is 2. The van der Waals surface area contributed by atoms with Crippen LogP contribution >= 0.6 is 0 Å². The number of aromatic amines is 1. The lowest BCUT2D eigenvalue weighted by Gasteiger charge is -2.26. The third kappa shape index (κ3) is 5.29. The van der Waals surface area contributed by atoms with Gasteiger partial charge in [0, 0.05) is 30.8 Å². The van der Waals surface area contributed by atoms with Crippen LogP contribution in [0.5, 0.6) is 0 Å². The Kier molecular flexibility index (Phi) is 7.15. The van der Waals surface area contributed by atoms with E-state index in [2.05, 4.69) is 27.3 Å². The van der Waals surface area contributed by atoms with Crippen LogP contribution in [0.4, 0.5) is 9.18 Å². The Hall–Kier alpha value is -2.41. The van der Waals surface area contributed by atoms with Crippen LogP contribution in [-0.4, -0.2) is 59.8 Å². The Balaban J connectivity index is 1.97. The van der Waals surface area contributed by atoms with E-state index in [-0.39, 0.29) is 11.8 Å². The van der Waals surface area contributed by atoms with E-state index in [0.717, 1.165) is 29.7 Å². The van der Waals surface area contributed by atoms with Crippen LogP contribution in [-0.2, 0) is 6.54 Å². The molecular formula is C19H28FN5O. The molecule has 1 atom stereocenters. The van der Waals surface area contributed by atoms with Crippen molar-refractivity contribution in [2.75, 3.05) is 27.7 Å². The van der Waals surface area contributed by atoms with Crippen LogP contribution in [0, 0.1) is 5.82 Å². The molecule has 26 heavy (non-hydrogen) atoms. The summed E-state index contributed by atoms with van der Waals surface area (Å²) in [7, 11) is 5.80. The quantitative estimate of drug-likeness (QED) is 0.759. The molecule has 0 fully saturated rings. The molecule has 0 aliphatic heterocycles. The maximum Gasteiger partial charge on any atom is 0.317 e. The van der Waals surface area contributed by atoms with Crippen LogP contribution < -0.4 is 5.32 Å². The van der Waals surface area contributed by atoms with Gasteiger partial charge in [0.1, 0.15) is 5.82 Å². The number of aromatic nitrogens is 2. The third-order valence-corrected chi connectivity index (χ3v) is 4.45. The van der Waals surface area contributed by atoms with E-state index in [9.17, 15) is 9.18 Å². The third-order valence-electron chi connectivity index (χ3n) is 4.45. The summed E-state index contributed by atoms with van der Waals surface area (Å²) in [5, 5.41) is 9.99. The maximum atomic E-state index is 13.1. The van der Waals surface area contributed by atoms with E-state index in [1.807, 2.05) is 14.1 Å². The standard InChI is InChI=1S/C19H28FN5O/c1-5-6-17(24(2)3)12-21-19(26)25(4)13-15-11-22-23-18(15)14-7-9-16(20)10-8-14/h7-11,17H,5-6,12-13H2,1-4H3,(H,21,26)(H,22,23)/t17-/m1/s1. The Morgan fingerprint density at radius 3 is 2.58 bits per heavy atom. The fourth-order valence-electron chi connectivity index (χ4n) is 2.84. The number of benzene rings is 1. The fraction of sp³-hybridized carbons (Fsp3) is 0.474. The first-order valence-electron chi connectivity index (χ1n) is 8.86. The number of rotatable bonds is 8. The highest BCUT2D eigenvalue weighted by atomic mass is 19.1. The predicted molar refractivity (Wildman–Crippen MR) is 101 cm³/mol. The first-order valence-corrected chi connectivity index (χ1v) is 8.86. The largest absolute Gasteiger partial charge is 0.336 e. The Morgan fingerprint density at radius 1 is 1.27 bits per heavy atom. The number of likely N-dealkylation sites (N-methyl/N-ethyl adjacent to an activating group) is 1. The van der Waals surface area contributed by atoms with Gasteiger partial charge in [-0.1, -0.05) is 13.3 Å². The number of H-pyrrole nitrogens is 1. The Morgan fingerprint density at radius 2 is 1.96 bits per heavy atom. The molecule has 1 aromatic heterocycles. The normalized spacial score (nSPS) is 12.2. The molecule has 6 nitrogen and oxygen atoms in total. The van der Waals surface area contributed by atoms with Crippen LogP contribution in [0.15, 0.2) is 30.5 Å². The summed E-state index contributed by atoms with van der Waals surface area (Å²) in [4.78, 5) is 16.2. The van der Waals surface area contributed by atoms with Crippen molar-refractivity contribution < 1.29 is 9.18 Å². The lowest BCUT2D eigenvalue weighted by atomic mass is 10.1. The highest BCUT2D eigenvalue weighted by Gasteiger charge is 2.16. The van der Waals surface area contributed by atoms with E-state index in [4.69, 9.17) is 0 Å². The average molecular weight is 361 g/mol. The number of urea groups is 1. The van der Waals surface area contributed by atoms with E-state index < -0.39 is 0 Å². The molecule has 2 amide bonds. The highest BCUT2D eigenvalue weighted by molar-refractivity contribution is 5.74. The first kappa shape index (κ1) is 19.9. The molecule has 2 rings (SSSR count). The summed E-state index contributed by atoms with van der Waals surface area (Å²) in [6, 6.07) is 6.40. The predicted octanol–water partition coefficient (Wildman–Crippen LogP) is 3.09. The summed E-state index contributed by atoms with van der Waals surface area (Å²) in [6.07, 6.45) is 3.81. The van der Waals surface area contributed by atoms with Crippen molar-refractivity contribution in [3.63, 3.8) is 0 Å². The van der Waals surface area contributed by atoms with Crippen LogP contribution in [0.25, 0.3) is 11.3 Å². The van der Waals surface area contributed by atoms with Gasteiger partial charge in [-0.3, -0.25) is 5.10 Å². The van der Waals surface area contributed by atoms with Gasteiger partial charge in [-0.05, 0) is 44.8 Å². The van der Waals surface area contributed by atoms with Crippen molar-refractivity contribution in [3.8, 4) is 11.3 Å². The summed E-state index contributed by atoms with van der Waals surface area (Å²) in [6.45, 7) is 3.16. The van der Waals surface area contributed by atoms with Crippen LogP contribution in [0.1, 0.15) is 25.3 Å². The first-order chi connectivity index (χ1) is 12.4. The zero-order valence-electron chi connectivity index (χ0n) is 15.9. The van der Waals surface area contributed by atoms with Crippen LogP contribution in [0.2, 0.25) is 0 Å². The molecule has 0 aliphatic carbocycles. The minimum Gasteiger partial charge on any atom is -0.336 e. The molecule has 7 heteroatoms. The molecule has 2 N–H and O–H groups in total. The summed E-state index contributed by atoms with van der Waals surface area (Å²) in [5.41, 5.74) is 2.51. The summed E-state index contributed by atoms with van der Waals surface area (Å²) >= 11 is 0. The van der Waals surface area contributed by atoms with Crippen molar-refractivity contribution in [1.29, 1.82) is 0 Å². The number of hydrogen-bond acceptors (Lipinski definition) is 3. The SMILES string of the molecule is CCC[C@H](CNC(=O)N(C)Cc1cn[nH]c1-c1ccc(F)cc1)N(C)C. The lowest BCUT2D eigenvalue weighted by Crippen LogP contribution is -2.44. The molecule has 1 aromatic carbocycles. The molecule has 0 saturated carbocycles. The van der Waals surface area contributed by atoms with Gasteiger partial charge >= 0.3 is 6.03 Å². The Labute approximate surface area is 154 Å². The second-order valence-corrected chi connectivity index (χ2v) is 6.73. The van der Waals surface area contributed by atoms with Gasteiger partial charge in [0.2, 0.25) is 0 Å². The smallest absolute Gasteiger partial charge is 0.317 e. The fourth-order valence-corrected chi connectivity index (χ4v) is 2.84. The molecule has 0 saturated heterocycles. The topological polar surface area (TPSA) is 64.3 Å². The van der Waals surface area contributed by atoms with Gasteiger partial charge < -0.3 is 15.1 Å². The number of nitrogens with zero attached hydrogens (tertiary/aromatic N) is 3. The van der Waals surface area contributed by atoms with Gasteiger partial charge in [0.15, 0.2) is 0 Å². The lowest BCUT2D eigenvalue weighted by molar-refractivity contribution is 0.199. The van der Waals surface area contributed by atoms with Gasteiger partial charge in [-0.25, -0.2) is 9.18 Å². The van der Waals surface area contributed by atoms with E-state index in [1.165, 1.54) is 12.1 Å². The molecule has 0 aliphatic rings. The Bertz CT molecular complexity index is 698. The number of carbonyl (C=O) groups is 1. The molecule has 0 unspecified atom stereocenters. The summed E-state index contributed by atoms with van der Waals surface area (Å²) < 4.78 is 13.1. The molecule has 0 spiro atoms. The molecule has 0 bridgehead atoms. The zero-order valence-corrected chi connectivity index (χ0v) is 15.9. The molecule has 142 valence electrons. The second kappa shape index (κ2) is 9.33. The highest BCUT2D eigenvalue weighted by Crippen LogP contribution is 2.22. The van der Waals surface area contributed by atoms with E-state index >= 15 is 0 Å². The van der Waals surface area contributed by atoms with Crippen molar-refractivity contribution in [1.82, 2.24) is 25.3 Å². The molecule has 2 aromatic rings. The van der Waals surface area contributed by atoms with Crippen molar-refractivity contribution in [3.05, 3.63) is 41.8 Å². The summed E-state index contributed by atoms with van der Waals surface area (Å²) in [5.74, 6) is -0.283. The number of nitrogens with one attached hydrogen (secondary N) is 2. The average Bonchev–Trinajstić information content (AvgIpc) is 3.06. The van der Waals surface area contributed by atoms with Crippen molar-refractivity contribution in [2.45, 2.75) is 32.4 Å². The van der Waals surface area contributed by atoms with Crippen molar-refractivity contribution >= 4 is 6.03 Å². The van der Waals surface area contributed by atoms with Crippen LogP contribution in [0.3, 0.4) is 0 Å². The minimum absolute atomic E-state index is 0.126. The van der Waals surface area contributed by atoms with E-state index in [1.54, 1.807) is 30.3 Å². The van der Waals surface area contributed by atoms with Gasteiger partial charge in [-0.15, -0.1) is 0 Å². The van der Waals surface area contributed by atoms with Crippen molar-refractivity contribution in [2.24, 2.45) is 0 Å². The number of carbonyl (C=O) groups excluding carboxylic acids is 1. The molecule has 0 radical (unpaired) electrons. The molecular weight excluding hydrogens is 333 g/mol. The zero-order chi connectivity index (χ0) is 19.1. The number of halogens is 1. The van der Waals surface area contributed by atoms with Gasteiger partial charge in [-0.2, -0.15) is 5.10 Å².